The molecule has 5 heteroatoms. The van der Waals surface area contributed by atoms with Gasteiger partial charge in [-0.05, 0) is 19.8 Å². The molecule has 1 aliphatic carbocycles. The second-order valence-electron chi connectivity index (χ2n) is 4.07. The van der Waals surface area contributed by atoms with Crippen molar-refractivity contribution in [2.75, 3.05) is 11.4 Å². The van der Waals surface area contributed by atoms with E-state index in [9.17, 15) is 0 Å². The Bertz CT molecular complexity index is 364. The zero-order valence-corrected chi connectivity index (χ0v) is 10.8. The molecule has 16 heavy (non-hydrogen) atoms. The molecule has 0 spiro atoms. The highest BCUT2D eigenvalue weighted by atomic mass is 35.5. The van der Waals surface area contributed by atoms with Crippen molar-refractivity contribution in [3.63, 3.8) is 0 Å². The maximum Gasteiger partial charge on any atom is 0.175 e. The van der Waals surface area contributed by atoms with E-state index in [1.807, 2.05) is 0 Å². The van der Waals surface area contributed by atoms with Crippen LogP contribution in [0.2, 0.25) is 10.3 Å². The van der Waals surface area contributed by atoms with Crippen molar-refractivity contribution in [2.45, 2.75) is 38.6 Å². The van der Waals surface area contributed by atoms with Crippen LogP contribution in [-0.2, 0) is 0 Å². The van der Waals surface area contributed by atoms with E-state index in [1.165, 1.54) is 25.7 Å². The zero-order chi connectivity index (χ0) is 11.5. The van der Waals surface area contributed by atoms with Crippen LogP contribution in [-0.4, -0.2) is 22.8 Å². The molecule has 0 atom stereocenters. The topological polar surface area (TPSA) is 29.0 Å². The Balaban J connectivity index is 2.28. The Morgan fingerprint density at radius 3 is 2.62 bits per heavy atom. The average Bonchev–Trinajstić information content (AvgIpc) is 2.78. The summed E-state index contributed by atoms with van der Waals surface area (Å²) in [7, 11) is 0. The van der Waals surface area contributed by atoms with Crippen molar-refractivity contribution in [1.29, 1.82) is 0 Å². The monoisotopic (exact) mass is 259 g/mol. The van der Waals surface area contributed by atoms with Gasteiger partial charge in [-0.2, -0.15) is 0 Å². The van der Waals surface area contributed by atoms with Gasteiger partial charge in [-0.1, -0.05) is 36.0 Å². The lowest BCUT2D eigenvalue weighted by Gasteiger charge is -2.30. The summed E-state index contributed by atoms with van der Waals surface area (Å²) in [5.74, 6) is 0. The Morgan fingerprint density at radius 1 is 1.31 bits per heavy atom. The molecule has 1 saturated carbocycles. The Morgan fingerprint density at radius 2 is 2.00 bits per heavy atom. The van der Waals surface area contributed by atoms with Crippen LogP contribution < -0.4 is 4.90 Å². The van der Waals surface area contributed by atoms with Gasteiger partial charge in [0.05, 0.1) is 5.69 Å². The van der Waals surface area contributed by atoms with E-state index in [0.29, 0.717) is 16.3 Å². The molecule has 1 aromatic heterocycles. The predicted octanol–water partition coefficient (Wildman–Crippen LogP) is 3.55. The summed E-state index contributed by atoms with van der Waals surface area (Å²) >= 11 is 11.9. The Labute approximate surface area is 106 Å². The summed E-state index contributed by atoms with van der Waals surface area (Å²) in [6.07, 6.45) is 5.05. The molecule has 0 aliphatic heterocycles. The molecular formula is C11H15Cl2N3. The van der Waals surface area contributed by atoms with Gasteiger partial charge < -0.3 is 4.90 Å². The minimum absolute atomic E-state index is 0.399. The molecule has 88 valence electrons. The first-order valence-corrected chi connectivity index (χ1v) is 6.43. The average molecular weight is 260 g/mol. The molecule has 2 rings (SSSR count). The molecule has 0 amide bonds. The maximum absolute atomic E-state index is 6.07. The molecule has 0 aromatic carbocycles. The molecule has 0 saturated heterocycles. The number of hydrogen-bond acceptors (Lipinski definition) is 3. The number of halogens is 2. The molecule has 0 bridgehead atoms. The summed E-state index contributed by atoms with van der Waals surface area (Å²) in [6.45, 7) is 3.05. The van der Waals surface area contributed by atoms with E-state index >= 15 is 0 Å². The van der Waals surface area contributed by atoms with E-state index in [-0.39, 0.29) is 0 Å². The fourth-order valence-corrected chi connectivity index (χ4v) is 2.73. The van der Waals surface area contributed by atoms with Crippen molar-refractivity contribution in [3.8, 4) is 0 Å². The van der Waals surface area contributed by atoms with Crippen molar-refractivity contribution >= 4 is 28.9 Å². The van der Waals surface area contributed by atoms with Crippen molar-refractivity contribution < 1.29 is 0 Å². The third kappa shape index (κ3) is 2.41. The molecule has 1 heterocycles. The van der Waals surface area contributed by atoms with Gasteiger partial charge in [0.25, 0.3) is 0 Å². The predicted molar refractivity (Wildman–Crippen MR) is 67.3 cm³/mol. The van der Waals surface area contributed by atoms with Crippen LogP contribution in [0.5, 0.6) is 0 Å². The number of aromatic nitrogens is 2. The van der Waals surface area contributed by atoms with Crippen LogP contribution >= 0.6 is 23.2 Å². The van der Waals surface area contributed by atoms with Gasteiger partial charge in [0.2, 0.25) is 0 Å². The van der Waals surface area contributed by atoms with Crippen molar-refractivity contribution in [1.82, 2.24) is 10.2 Å². The molecule has 1 fully saturated rings. The molecule has 3 nitrogen and oxygen atoms in total. The summed E-state index contributed by atoms with van der Waals surface area (Å²) in [4.78, 5) is 2.29. The van der Waals surface area contributed by atoms with E-state index in [4.69, 9.17) is 23.2 Å². The lowest BCUT2D eigenvalue weighted by molar-refractivity contribution is 0.618. The highest BCUT2D eigenvalue weighted by Crippen LogP contribution is 2.32. The zero-order valence-electron chi connectivity index (χ0n) is 9.29. The highest BCUT2D eigenvalue weighted by Gasteiger charge is 2.23. The van der Waals surface area contributed by atoms with Crippen LogP contribution in [0, 0.1) is 0 Å². The van der Waals surface area contributed by atoms with Crippen LogP contribution in [0.25, 0.3) is 0 Å². The summed E-state index contributed by atoms with van der Waals surface area (Å²) in [5, 5.41) is 8.44. The fraction of sp³-hybridized carbons (Fsp3) is 0.636. The van der Waals surface area contributed by atoms with Crippen molar-refractivity contribution in [3.05, 3.63) is 16.4 Å². The summed E-state index contributed by atoms with van der Waals surface area (Å²) in [5.41, 5.74) is 0.913. The quantitative estimate of drug-likeness (QED) is 0.832. The first kappa shape index (κ1) is 11.9. The molecular weight excluding hydrogens is 245 g/mol. The fourth-order valence-electron chi connectivity index (χ4n) is 2.39. The van der Waals surface area contributed by atoms with Gasteiger partial charge in [0.15, 0.2) is 10.3 Å². The second-order valence-corrected chi connectivity index (χ2v) is 4.81. The lowest BCUT2D eigenvalue weighted by atomic mass is 10.2. The molecule has 0 N–H and O–H groups in total. The summed E-state index contributed by atoms with van der Waals surface area (Å²) < 4.78 is 0. The van der Waals surface area contributed by atoms with Crippen LogP contribution in [0.3, 0.4) is 0 Å². The van der Waals surface area contributed by atoms with Crippen LogP contribution in [0.1, 0.15) is 32.6 Å². The van der Waals surface area contributed by atoms with Gasteiger partial charge in [-0.3, -0.25) is 0 Å². The van der Waals surface area contributed by atoms with Gasteiger partial charge >= 0.3 is 0 Å². The van der Waals surface area contributed by atoms with Gasteiger partial charge in [0.1, 0.15) is 0 Å². The van der Waals surface area contributed by atoms with Crippen LogP contribution in [0.4, 0.5) is 5.69 Å². The number of hydrogen-bond donors (Lipinski definition) is 0. The standard InChI is InChI=1S/C11H15Cl2N3/c1-2-16(8-5-3-4-6-8)9-7-10(12)14-15-11(9)13/h7-8H,2-6H2,1H3. The number of anilines is 1. The molecule has 1 aromatic rings. The maximum atomic E-state index is 6.07. The van der Waals surface area contributed by atoms with E-state index < -0.39 is 0 Å². The lowest BCUT2D eigenvalue weighted by Crippen LogP contribution is -2.33. The minimum Gasteiger partial charge on any atom is -0.366 e. The molecule has 0 radical (unpaired) electrons. The minimum atomic E-state index is 0.399. The number of rotatable bonds is 3. The number of nitrogens with zero attached hydrogens (tertiary/aromatic N) is 3. The van der Waals surface area contributed by atoms with E-state index in [2.05, 4.69) is 22.0 Å². The highest BCUT2D eigenvalue weighted by molar-refractivity contribution is 6.33. The van der Waals surface area contributed by atoms with E-state index in [0.717, 1.165) is 12.2 Å². The SMILES string of the molecule is CCN(c1cc(Cl)nnc1Cl)C1CCCC1. The molecule has 1 aliphatic rings. The van der Waals surface area contributed by atoms with Gasteiger partial charge in [-0.15, -0.1) is 10.2 Å². The largest absolute Gasteiger partial charge is 0.366 e. The third-order valence-electron chi connectivity index (χ3n) is 3.12. The van der Waals surface area contributed by atoms with Gasteiger partial charge in [-0.25, -0.2) is 0 Å². The van der Waals surface area contributed by atoms with Crippen LogP contribution in [0.15, 0.2) is 6.07 Å². The summed E-state index contributed by atoms with van der Waals surface area (Å²) in [6, 6.07) is 2.38. The van der Waals surface area contributed by atoms with Crippen molar-refractivity contribution in [2.24, 2.45) is 0 Å². The van der Waals surface area contributed by atoms with E-state index in [1.54, 1.807) is 6.07 Å². The Kier molecular flexibility index (Phi) is 3.87. The van der Waals surface area contributed by atoms with Gasteiger partial charge in [0, 0.05) is 18.7 Å². The first-order chi connectivity index (χ1) is 7.72. The Hall–Kier alpha value is -0.540. The first-order valence-electron chi connectivity index (χ1n) is 5.67. The normalized spacial score (nSPS) is 16.7. The third-order valence-corrected chi connectivity index (χ3v) is 3.57. The molecule has 0 unspecified atom stereocenters. The smallest absolute Gasteiger partial charge is 0.175 e. The second kappa shape index (κ2) is 5.19.